The summed E-state index contributed by atoms with van der Waals surface area (Å²) in [5.74, 6) is 2.22. The van der Waals surface area contributed by atoms with Crippen LogP contribution in [0.5, 0.6) is 0 Å². The lowest BCUT2D eigenvalue weighted by atomic mass is 10.2. The van der Waals surface area contributed by atoms with Crippen molar-refractivity contribution in [3.05, 3.63) is 42.0 Å². The number of methoxy groups -OCH3 is 1. The first-order valence-electron chi connectivity index (χ1n) is 6.49. The Labute approximate surface area is 118 Å². The van der Waals surface area contributed by atoms with E-state index in [0.717, 1.165) is 24.6 Å². The fourth-order valence-electron chi connectivity index (χ4n) is 1.79. The molecule has 0 fully saturated rings. The maximum absolute atomic E-state index is 5.07. The third-order valence-electron chi connectivity index (χ3n) is 2.74. The van der Waals surface area contributed by atoms with Crippen molar-refractivity contribution in [2.45, 2.75) is 13.0 Å². The Morgan fingerprint density at radius 3 is 2.80 bits per heavy atom. The highest BCUT2D eigenvalue weighted by Crippen LogP contribution is 2.11. The lowest BCUT2D eigenvalue weighted by Crippen LogP contribution is -2.10. The zero-order valence-corrected chi connectivity index (χ0v) is 11.8. The minimum Gasteiger partial charge on any atom is -0.377 e. The molecule has 0 amide bonds. The fraction of sp³-hybridized carbons (Fsp3) is 0.357. The summed E-state index contributed by atoms with van der Waals surface area (Å²) in [5.41, 5.74) is 1.19. The van der Waals surface area contributed by atoms with Crippen molar-refractivity contribution >= 4 is 11.6 Å². The van der Waals surface area contributed by atoms with Crippen LogP contribution in [0.4, 0.5) is 11.6 Å². The van der Waals surface area contributed by atoms with Crippen LogP contribution in [0.3, 0.4) is 0 Å². The molecule has 20 heavy (non-hydrogen) atoms. The summed E-state index contributed by atoms with van der Waals surface area (Å²) in [6.45, 7) is 1.19. The average molecular weight is 273 g/mol. The monoisotopic (exact) mass is 273 g/mol. The van der Waals surface area contributed by atoms with Crippen molar-refractivity contribution in [1.82, 2.24) is 15.0 Å². The van der Waals surface area contributed by atoms with Crippen molar-refractivity contribution < 1.29 is 4.74 Å². The molecule has 0 radical (unpaired) electrons. The van der Waals surface area contributed by atoms with Gasteiger partial charge in [-0.05, 0) is 18.1 Å². The van der Waals surface area contributed by atoms with E-state index in [9.17, 15) is 0 Å². The van der Waals surface area contributed by atoms with E-state index in [1.165, 1.54) is 5.56 Å². The van der Waals surface area contributed by atoms with E-state index < -0.39 is 0 Å². The highest BCUT2D eigenvalue weighted by atomic mass is 16.5. The first-order chi connectivity index (χ1) is 9.81. The summed E-state index contributed by atoms with van der Waals surface area (Å²) in [4.78, 5) is 12.8. The Morgan fingerprint density at radius 1 is 1.25 bits per heavy atom. The number of aromatic nitrogens is 3. The van der Waals surface area contributed by atoms with Gasteiger partial charge in [0, 0.05) is 39.2 Å². The Morgan fingerprint density at radius 2 is 2.10 bits per heavy atom. The zero-order valence-electron chi connectivity index (χ0n) is 11.8. The van der Waals surface area contributed by atoms with Crippen LogP contribution in [0.2, 0.25) is 0 Å². The van der Waals surface area contributed by atoms with Gasteiger partial charge < -0.3 is 15.4 Å². The molecule has 0 bridgehead atoms. The summed E-state index contributed by atoms with van der Waals surface area (Å²) < 4.78 is 5.07. The Bertz CT molecular complexity index is 532. The largest absolute Gasteiger partial charge is 0.377 e. The summed E-state index contributed by atoms with van der Waals surface area (Å²) in [7, 11) is 3.46. The summed E-state index contributed by atoms with van der Waals surface area (Å²) in [5, 5.41) is 6.31. The van der Waals surface area contributed by atoms with Crippen LogP contribution < -0.4 is 10.6 Å². The highest BCUT2D eigenvalue weighted by molar-refractivity contribution is 5.47. The zero-order chi connectivity index (χ0) is 14.2. The van der Waals surface area contributed by atoms with E-state index in [0.29, 0.717) is 12.4 Å². The van der Waals surface area contributed by atoms with Gasteiger partial charge in [0.25, 0.3) is 0 Å². The number of nitrogens with zero attached hydrogens (tertiary/aromatic N) is 3. The molecule has 0 spiro atoms. The van der Waals surface area contributed by atoms with Gasteiger partial charge in [0.05, 0.1) is 0 Å². The molecule has 0 atom stereocenters. The number of ether oxygens (including phenoxy) is 1. The Balaban J connectivity index is 1.96. The van der Waals surface area contributed by atoms with Crippen LogP contribution in [-0.4, -0.2) is 35.7 Å². The van der Waals surface area contributed by atoms with Crippen molar-refractivity contribution in [3.63, 3.8) is 0 Å². The lowest BCUT2D eigenvalue weighted by molar-refractivity contribution is 0.178. The topological polar surface area (TPSA) is 72.0 Å². The quantitative estimate of drug-likeness (QED) is 0.800. The predicted molar refractivity (Wildman–Crippen MR) is 78.7 cm³/mol. The van der Waals surface area contributed by atoms with Crippen LogP contribution >= 0.6 is 0 Å². The predicted octanol–water partition coefficient (Wildman–Crippen LogP) is 1.71. The lowest BCUT2D eigenvalue weighted by Gasteiger charge is -2.09. The maximum Gasteiger partial charge on any atom is 0.158 e. The number of anilines is 2. The first-order valence-corrected chi connectivity index (χ1v) is 6.49. The second-order valence-electron chi connectivity index (χ2n) is 4.28. The Hall–Kier alpha value is -2.21. The molecule has 0 saturated carbocycles. The third kappa shape index (κ3) is 4.17. The number of nitrogens with one attached hydrogen (secondary N) is 2. The van der Waals surface area contributed by atoms with E-state index >= 15 is 0 Å². The molecule has 2 rings (SSSR count). The van der Waals surface area contributed by atoms with Gasteiger partial charge in [0.15, 0.2) is 5.82 Å². The molecule has 2 N–H and O–H groups in total. The molecule has 0 aliphatic carbocycles. The second-order valence-corrected chi connectivity index (χ2v) is 4.28. The normalized spacial score (nSPS) is 10.3. The van der Waals surface area contributed by atoms with E-state index in [2.05, 4.69) is 31.7 Å². The molecular weight excluding hydrogens is 254 g/mol. The van der Waals surface area contributed by atoms with Crippen LogP contribution in [0.25, 0.3) is 0 Å². The molecule has 0 aliphatic rings. The first kappa shape index (κ1) is 14.2. The minimum absolute atomic E-state index is 0.396. The molecule has 6 heteroatoms. The molecule has 106 valence electrons. The molecule has 0 unspecified atom stereocenters. The molecule has 6 nitrogen and oxygen atoms in total. The number of pyridine rings is 1. The summed E-state index contributed by atoms with van der Waals surface area (Å²) in [6.07, 6.45) is 4.54. The van der Waals surface area contributed by atoms with Crippen molar-refractivity contribution in [2.24, 2.45) is 0 Å². The second kappa shape index (κ2) is 7.40. The minimum atomic E-state index is 0.396. The molecule has 0 aliphatic heterocycles. The molecule has 0 aromatic carbocycles. The van der Waals surface area contributed by atoms with Crippen molar-refractivity contribution in [1.29, 1.82) is 0 Å². The average Bonchev–Trinajstić information content (AvgIpc) is 2.48. The number of hydrogen-bond acceptors (Lipinski definition) is 6. The van der Waals surface area contributed by atoms with Gasteiger partial charge in [-0.1, -0.05) is 6.07 Å². The molecule has 0 saturated heterocycles. The molecule has 2 aromatic rings. The van der Waals surface area contributed by atoms with Gasteiger partial charge in [-0.2, -0.15) is 0 Å². The Kier molecular flexibility index (Phi) is 5.25. The maximum atomic E-state index is 5.07. The van der Waals surface area contributed by atoms with Crippen LogP contribution in [-0.2, 0) is 17.8 Å². The summed E-state index contributed by atoms with van der Waals surface area (Å²) in [6, 6.07) is 5.88. The third-order valence-corrected chi connectivity index (χ3v) is 2.74. The number of hydrogen-bond donors (Lipinski definition) is 2. The van der Waals surface area contributed by atoms with Gasteiger partial charge in [-0.15, -0.1) is 0 Å². The van der Waals surface area contributed by atoms with E-state index in [1.54, 1.807) is 13.3 Å². The van der Waals surface area contributed by atoms with Gasteiger partial charge >= 0.3 is 0 Å². The van der Waals surface area contributed by atoms with Crippen LogP contribution in [0, 0.1) is 0 Å². The molecule has 2 aromatic heterocycles. The SMILES string of the molecule is CNc1cc(NCCc2cccnc2)nc(COC)n1. The van der Waals surface area contributed by atoms with Crippen molar-refractivity contribution in [2.75, 3.05) is 31.3 Å². The van der Waals surface area contributed by atoms with E-state index in [1.807, 2.05) is 25.4 Å². The smallest absolute Gasteiger partial charge is 0.158 e. The van der Waals surface area contributed by atoms with Gasteiger partial charge in [-0.25, -0.2) is 9.97 Å². The van der Waals surface area contributed by atoms with Gasteiger partial charge in [0.1, 0.15) is 18.2 Å². The summed E-state index contributed by atoms with van der Waals surface area (Å²) >= 11 is 0. The highest BCUT2D eigenvalue weighted by Gasteiger charge is 2.03. The van der Waals surface area contributed by atoms with Crippen molar-refractivity contribution in [3.8, 4) is 0 Å². The van der Waals surface area contributed by atoms with Crippen LogP contribution in [0.15, 0.2) is 30.6 Å². The fourth-order valence-corrected chi connectivity index (χ4v) is 1.79. The number of rotatable bonds is 7. The van der Waals surface area contributed by atoms with E-state index in [4.69, 9.17) is 4.74 Å². The molecular formula is C14H19N5O. The van der Waals surface area contributed by atoms with Crippen LogP contribution in [0.1, 0.15) is 11.4 Å². The van der Waals surface area contributed by atoms with E-state index in [-0.39, 0.29) is 0 Å². The van der Waals surface area contributed by atoms with Gasteiger partial charge in [0.2, 0.25) is 0 Å². The van der Waals surface area contributed by atoms with Gasteiger partial charge in [-0.3, -0.25) is 4.98 Å². The standard InChI is InChI=1S/C14H19N5O/c1-15-12-8-13(19-14(18-12)10-20-2)17-7-5-11-4-3-6-16-9-11/h3-4,6,8-9H,5,7,10H2,1-2H3,(H2,15,17,18,19). The molecule has 2 heterocycles.